The van der Waals surface area contributed by atoms with E-state index in [2.05, 4.69) is 10.6 Å². The SMILES string of the molecule is CSCC(C)NC(=O)Nc1ccc(C(=O)O)c(Cl)c1. The van der Waals surface area contributed by atoms with Gasteiger partial charge in [0.05, 0.1) is 10.6 Å². The van der Waals surface area contributed by atoms with Gasteiger partial charge in [0.25, 0.3) is 0 Å². The van der Waals surface area contributed by atoms with Crippen LogP contribution in [0.3, 0.4) is 0 Å². The van der Waals surface area contributed by atoms with Crippen molar-refractivity contribution in [1.82, 2.24) is 5.32 Å². The third kappa shape index (κ3) is 5.00. The van der Waals surface area contributed by atoms with Gasteiger partial charge in [0, 0.05) is 17.5 Å². The molecule has 1 rings (SSSR count). The highest BCUT2D eigenvalue weighted by Gasteiger charge is 2.11. The molecule has 0 heterocycles. The Morgan fingerprint density at radius 2 is 2.16 bits per heavy atom. The van der Waals surface area contributed by atoms with Gasteiger partial charge in [-0.1, -0.05) is 11.6 Å². The van der Waals surface area contributed by atoms with Crippen molar-refractivity contribution in [1.29, 1.82) is 0 Å². The molecule has 1 unspecified atom stereocenters. The third-order valence-electron chi connectivity index (χ3n) is 2.25. The maximum atomic E-state index is 11.6. The highest BCUT2D eigenvalue weighted by atomic mass is 35.5. The molecule has 2 amide bonds. The van der Waals surface area contributed by atoms with Gasteiger partial charge in [-0.2, -0.15) is 11.8 Å². The molecule has 0 spiro atoms. The summed E-state index contributed by atoms with van der Waals surface area (Å²) in [4.78, 5) is 22.4. The second-order valence-electron chi connectivity index (χ2n) is 3.95. The molecule has 104 valence electrons. The lowest BCUT2D eigenvalue weighted by atomic mass is 10.2. The molecular formula is C12H15ClN2O3S. The Bertz CT molecular complexity index is 482. The van der Waals surface area contributed by atoms with Crippen LogP contribution >= 0.6 is 23.4 Å². The maximum absolute atomic E-state index is 11.6. The predicted octanol–water partition coefficient (Wildman–Crippen LogP) is 2.91. The number of urea groups is 1. The molecule has 0 radical (unpaired) electrons. The van der Waals surface area contributed by atoms with Gasteiger partial charge in [0.1, 0.15) is 0 Å². The van der Waals surface area contributed by atoms with Gasteiger partial charge in [-0.25, -0.2) is 9.59 Å². The van der Waals surface area contributed by atoms with Crippen molar-refractivity contribution in [3.05, 3.63) is 28.8 Å². The van der Waals surface area contributed by atoms with E-state index in [9.17, 15) is 9.59 Å². The minimum absolute atomic E-state index is 0.00313. The summed E-state index contributed by atoms with van der Waals surface area (Å²) in [6.07, 6.45) is 1.96. The number of hydrogen-bond donors (Lipinski definition) is 3. The van der Waals surface area contributed by atoms with Gasteiger partial charge in [0.15, 0.2) is 0 Å². The van der Waals surface area contributed by atoms with E-state index in [0.717, 1.165) is 5.75 Å². The Hall–Kier alpha value is -1.40. The number of halogens is 1. The van der Waals surface area contributed by atoms with Crippen molar-refractivity contribution in [2.45, 2.75) is 13.0 Å². The average molecular weight is 303 g/mol. The minimum Gasteiger partial charge on any atom is -0.478 e. The van der Waals surface area contributed by atoms with E-state index in [1.54, 1.807) is 11.8 Å². The Balaban J connectivity index is 2.65. The molecule has 0 bridgehead atoms. The Morgan fingerprint density at radius 3 is 2.68 bits per heavy atom. The molecule has 5 nitrogen and oxygen atoms in total. The van der Waals surface area contributed by atoms with E-state index in [4.69, 9.17) is 16.7 Å². The normalized spacial score (nSPS) is 11.7. The number of benzene rings is 1. The summed E-state index contributed by atoms with van der Waals surface area (Å²) in [7, 11) is 0. The van der Waals surface area contributed by atoms with Crippen LogP contribution in [0.15, 0.2) is 18.2 Å². The number of aromatic carboxylic acids is 1. The molecule has 19 heavy (non-hydrogen) atoms. The standard InChI is InChI=1S/C12H15ClN2O3S/c1-7(6-19-2)14-12(18)15-8-3-4-9(11(16)17)10(13)5-8/h3-5,7H,6H2,1-2H3,(H,16,17)(H2,14,15,18). The van der Waals surface area contributed by atoms with Gasteiger partial charge in [0.2, 0.25) is 0 Å². The fraction of sp³-hybridized carbons (Fsp3) is 0.333. The van der Waals surface area contributed by atoms with Crippen LogP contribution in [0, 0.1) is 0 Å². The molecule has 0 fully saturated rings. The van der Waals surface area contributed by atoms with Gasteiger partial charge in [-0.15, -0.1) is 0 Å². The molecular weight excluding hydrogens is 288 g/mol. The van der Waals surface area contributed by atoms with Crippen LogP contribution in [0.2, 0.25) is 5.02 Å². The topological polar surface area (TPSA) is 78.4 Å². The molecule has 0 saturated heterocycles. The summed E-state index contributed by atoms with van der Waals surface area (Å²) in [6.45, 7) is 1.90. The minimum atomic E-state index is -1.10. The molecule has 1 aromatic rings. The number of hydrogen-bond acceptors (Lipinski definition) is 3. The summed E-state index contributed by atoms with van der Waals surface area (Å²) < 4.78 is 0. The van der Waals surface area contributed by atoms with Crippen LogP contribution in [0.4, 0.5) is 10.5 Å². The molecule has 1 aromatic carbocycles. The molecule has 0 aromatic heterocycles. The highest BCUT2D eigenvalue weighted by molar-refractivity contribution is 7.98. The first-order valence-corrected chi connectivity index (χ1v) is 7.30. The number of carbonyl (C=O) groups is 2. The lowest BCUT2D eigenvalue weighted by molar-refractivity contribution is 0.0697. The summed E-state index contributed by atoms with van der Waals surface area (Å²) in [5.41, 5.74) is 0.451. The van der Waals surface area contributed by atoms with Crippen LogP contribution in [0.25, 0.3) is 0 Å². The number of anilines is 1. The molecule has 1 atom stereocenters. The zero-order valence-corrected chi connectivity index (χ0v) is 12.1. The summed E-state index contributed by atoms with van der Waals surface area (Å²) >= 11 is 7.44. The number of rotatable bonds is 5. The van der Waals surface area contributed by atoms with Gasteiger partial charge < -0.3 is 15.7 Å². The largest absolute Gasteiger partial charge is 0.478 e. The second kappa shape index (κ2) is 7.25. The number of carboxylic acids is 1. The highest BCUT2D eigenvalue weighted by Crippen LogP contribution is 2.20. The van der Waals surface area contributed by atoms with E-state index in [1.165, 1.54) is 18.2 Å². The van der Waals surface area contributed by atoms with Gasteiger partial charge in [-0.3, -0.25) is 0 Å². The quantitative estimate of drug-likeness (QED) is 0.781. The second-order valence-corrected chi connectivity index (χ2v) is 5.27. The number of nitrogens with one attached hydrogen (secondary N) is 2. The number of thioether (sulfide) groups is 1. The fourth-order valence-corrected chi connectivity index (χ4v) is 2.29. The van der Waals surface area contributed by atoms with Crippen LogP contribution < -0.4 is 10.6 Å². The van der Waals surface area contributed by atoms with Crippen molar-refractivity contribution < 1.29 is 14.7 Å². The number of amides is 2. The van der Waals surface area contributed by atoms with E-state index in [1.807, 2.05) is 13.2 Å². The first-order chi connectivity index (χ1) is 8.93. The fourth-order valence-electron chi connectivity index (χ4n) is 1.45. The lowest BCUT2D eigenvalue weighted by Crippen LogP contribution is -2.37. The molecule has 0 aliphatic rings. The van der Waals surface area contributed by atoms with E-state index in [0.29, 0.717) is 5.69 Å². The Morgan fingerprint density at radius 1 is 1.47 bits per heavy atom. The van der Waals surface area contributed by atoms with Gasteiger partial charge in [-0.05, 0) is 31.4 Å². The average Bonchev–Trinajstić information content (AvgIpc) is 2.28. The summed E-state index contributed by atoms with van der Waals surface area (Å²) in [5.74, 6) is -0.291. The monoisotopic (exact) mass is 302 g/mol. The van der Waals surface area contributed by atoms with Crippen molar-refractivity contribution in [2.75, 3.05) is 17.3 Å². The van der Waals surface area contributed by atoms with Crippen molar-refractivity contribution in [3.8, 4) is 0 Å². The van der Waals surface area contributed by atoms with Crippen molar-refractivity contribution in [2.24, 2.45) is 0 Å². The van der Waals surface area contributed by atoms with Gasteiger partial charge >= 0.3 is 12.0 Å². The number of carbonyl (C=O) groups excluding carboxylic acids is 1. The predicted molar refractivity (Wildman–Crippen MR) is 78.4 cm³/mol. The molecule has 0 saturated carbocycles. The molecule has 0 aliphatic heterocycles. The molecule has 0 aliphatic carbocycles. The summed E-state index contributed by atoms with van der Waals surface area (Å²) in [5, 5.41) is 14.3. The van der Waals surface area contributed by atoms with E-state index in [-0.39, 0.29) is 22.7 Å². The number of carboxylic acid groups (broad SMARTS) is 1. The van der Waals surface area contributed by atoms with E-state index >= 15 is 0 Å². The van der Waals surface area contributed by atoms with Crippen LogP contribution in [0.5, 0.6) is 0 Å². The van der Waals surface area contributed by atoms with Crippen LogP contribution in [-0.4, -0.2) is 35.2 Å². The van der Waals surface area contributed by atoms with Crippen LogP contribution in [-0.2, 0) is 0 Å². The lowest BCUT2D eigenvalue weighted by Gasteiger charge is -2.13. The Labute approximate surface area is 120 Å². The van der Waals surface area contributed by atoms with Crippen molar-refractivity contribution in [3.63, 3.8) is 0 Å². The van der Waals surface area contributed by atoms with Crippen molar-refractivity contribution >= 4 is 41.1 Å². The summed E-state index contributed by atoms with van der Waals surface area (Å²) in [6, 6.07) is 3.95. The maximum Gasteiger partial charge on any atom is 0.337 e. The zero-order valence-electron chi connectivity index (χ0n) is 10.6. The Kier molecular flexibility index (Phi) is 5.98. The zero-order chi connectivity index (χ0) is 14.4. The van der Waals surface area contributed by atoms with Crippen LogP contribution in [0.1, 0.15) is 17.3 Å². The first kappa shape index (κ1) is 15.7. The third-order valence-corrected chi connectivity index (χ3v) is 3.40. The molecule has 3 N–H and O–H groups in total. The first-order valence-electron chi connectivity index (χ1n) is 5.53. The molecule has 7 heteroatoms. The van der Waals surface area contributed by atoms with E-state index < -0.39 is 5.97 Å². The smallest absolute Gasteiger partial charge is 0.337 e.